The van der Waals surface area contributed by atoms with Crippen LogP contribution in [0.3, 0.4) is 0 Å². The maximum absolute atomic E-state index is 13.1. The summed E-state index contributed by atoms with van der Waals surface area (Å²) >= 11 is 0. The van der Waals surface area contributed by atoms with E-state index in [0.717, 1.165) is 173 Å². The minimum Gasteiger partial charge on any atom is -0.462 e. The van der Waals surface area contributed by atoms with Gasteiger partial charge in [0.15, 0.2) is 12.2 Å². The third-order valence-corrected chi connectivity index (χ3v) is 18.8. The third-order valence-electron chi connectivity index (χ3n) is 16.9. The number of phosphoric acid groups is 2. The van der Waals surface area contributed by atoms with Crippen molar-refractivity contribution in [3.05, 3.63) is 60.8 Å². The maximum Gasteiger partial charge on any atom is 0.472 e. The molecular weight excluding hydrogens is 1280 g/mol. The lowest BCUT2D eigenvalue weighted by molar-refractivity contribution is -0.161. The van der Waals surface area contributed by atoms with Crippen molar-refractivity contribution in [2.75, 3.05) is 39.6 Å². The Bertz CT molecular complexity index is 2100. The first kappa shape index (κ1) is 94.8. The first-order valence-corrected chi connectivity index (χ1v) is 42.5. The highest BCUT2D eigenvalue weighted by atomic mass is 31.2. The second-order valence-corrected chi connectivity index (χ2v) is 29.5. The molecule has 3 N–H and O–H groups in total. The highest BCUT2D eigenvalue weighted by Crippen LogP contribution is 2.45. The SMILES string of the molecule is CCCCCC=CCC=CCCCCCCCC(=O)OCC(COP(=O)(O)OCC(O)COP(=O)(O)OCC(COC(=O)CCCCCCCC=CCCCCCCCC)OC(=O)CCCCCCCC=CCCCCCC)OC(=O)CCCCCCCCCC=CCCCCCC. The molecule has 0 aromatic heterocycles. The van der Waals surface area contributed by atoms with Gasteiger partial charge in [0, 0.05) is 25.7 Å². The molecule has 98 heavy (non-hydrogen) atoms. The second-order valence-electron chi connectivity index (χ2n) is 26.6. The smallest absolute Gasteiger partial charge is 0.462 e. The number of aliphatic hydroxyl groups excluding tert-OH is 1. The molecule has 0 aliphatic rings. The second kappa shape index (κ2) is 72.1. The van der Waals surface area contributed by atoms with Crippen molar-refractivity contribution in [2.24, 2.45) is 0 Å². The lowest BCUT2D eigenvalue weighted by Gasteiger charge is -2.21. The number of carbonyl (C=O) groups is 4. The van der Waals surface area contributed by atoms with Gasteiger partial charge in [-0.15, -0.1) is 0 Å². The molecule has 572 valence electrons. The molecule has 0 spiro atoms. The molecule has 0 rings (SSSR count). The summed E-state index contributed by atoms with van der Waals surface area (Å²) in [7, 11) is -9.94. The summed E-state index contributed by atoms with van der Waals surface area (Å²) in [6, 6.07) is 0. The Morgan fingerprint density at radius 3 is 0.796 bits per heavy atom. The molecule has 0 amide bonds. The first-order chi connectivity index (χ1) is 47.7. The number of phosphoric ester groups is 2. The molecule has 0 saturated heterocycles. The molecule has 19 heteroatoms. The van der Waals surface area contributed by atoms with Crippen LogP contribution in [0, 0.1) is 0 Å². The molecule has 0 aromatic rings. The lowest BCUT2D eigenvalue weighted by Crippen LogP contribution is -2.30. The molecule has 5 atom stereocenters. The van der Waals surface area contributed by atoms with Gasteiger partial charge in [-0.05, 0) is 135 Å². The van der Waals surface area contributed by atoms with E-state index in [1.54, 1.807) is 0 Å². The van der Waals surface area contributed by atoms with Crippen LogP contribution in [0.4, 0.5) is 0 Å². The number of unbranched alkanes of at least 4 members (excludes halogenated alkanes) is 39. The Morgan fingerprint density at radius 1 is 0.286 bits per heavy atom. The summed E-state index contributed by atoms with van der Waals surface area (Å²) in [5, 5.41) is 10.6. The van der Waals surface area contributed by atoms with Crippen LogP contribution in [0.25, 0.3) is 0 Å². The topological polar surface area (TPSA) is 237 Å². The van der Waals surface area contributed by atoms with Gasteiger partial charge in [0.25, 0.3) is 0 Å². The fourth-order valence-corrected chi connectivity index (χ4v) is 12.4. The van der Waals surface area contributed by atoms with Crippen LogP contribution in [-0.2, 0) is 65.4 Å². The predicted octanol–water partition coefficient (Wildman–Crippen LogP) is 22.7. The fraction of sp³-hybridized carbons (Fsp3) is 0.823. The summed E-state index contributed by atoms with van der Waals surface area (Å²) < 4.78 is 68.5. The third kappa shape index (κ3) is 71.2. The van der Waals surface area contributed by atoms with E-state index in [0.29, 0.717) is 25.7 Å². The van der Waals surface area contributed by atoms with Crippen molar-refractivity contribution in [3.8, 4) is 0 Å². The molecule has 5 unspecified atom stereocenters. The molecule has 0 bridgehead atoms. The van der Waals surface area contributed by atoms with E-state index < -0.39 is 97.5 Å². The Labute approximate surface area is 597 Å². The molecule has 0 aromatic carbocycles. The first-order valence-electron chi connectivity index (χ1n) is 39.5. The molecular formula is C79H144O17P2. The average molecular weight is 1430 g/mol. The van der Waals surface area contributed by atoms with Gasteiger partial charge in [0.05, 0.1) is 26.4 Å². The van der Waals surface area contributed by atoms with E-state index in [9.17, 15) is 43.2 Å². The van der Waals surface area contributed by atoms with Gasteiger partial charge in [-0.1, -0.05) is 262 Å². The van der Waals surface area contributed by atoms with E-state index in [1.165, 1.54) is 109 Å². The monoisotopic (exact) mass is 1430 g/mol. The van der Waals surface area contributed by atoms with E-state index >= 15 is 0 Å². The molecule has 0 aliphatic carbocycles. The molecule has 0 heterocycles. The highest BCUT2D eigenvalue weighted by molar-refractivity contribution is 7.47. The maximum atomic E-state index is 13.1. The zero-order valence-electron chi connectivity index (χ0n) is 62.5. The van der Waals surface area contributed by atoms with Crippen LogP contribution in [0.2, 0.25) is 0 Å². The van der Waals surface area contributed by atoms with E-state index in [2.05, 4.69) is 88.5 Å². The highest BCUT2D eigenvalue weighted by Gasteiger charge is 2.30. The van der Waals surface area contributed by atoms with E-state index in [4.69, 9.17) is 37.0 Å². The van der Waals surface area contributed by atoms with Crippen LogP contribution in [0.15, 0.2) is 60.8 Å². The number of hydrogen-bond donors (Lipinski definition) is 3. The minimum atomic E-state index is -4.97. The zero-order valence-corrected chi connectivity index (χ0v) is 64.3. The molecule has 0 fully saturated rings. The van der Waals surface area contributed by atoms with Gasteiger partial charge in [-0.3, -0.25) is 37.3 Å². The summed E-state index contributed by atoms with van der Waals surface area (Å²) in [6.45, 7) is 4.84. The Kier molecular flexibility index (Phi) is 69.7. The van der Waals surface area contributed by atoms with Gasteiger partial charge in [0.1, 0.15) is 19.3 Å². The molecule has 0 saturated carbocycles. The van der Waals surface area contributed by atoms with Gasteiger partial charge in [0.2, 0.25) is 0 Å². The number of hydrogen-bond acceptors (Lipinski definition) is 15. The Morgan fingerprint density at radius 2 is 0.500 bits per heavy atom. The Hall–Kier alpha value is -3.24. The van der Waals surface area contributed by atoms with Crippen molar-refractivity contribution in [1.82, 2.24) is 0 Å². The van der Waals surface area contributed by atoms with E-state index in [1.807, 2.05) is 0 Å². The van der Waals surface area contributed by atoms with E-state index in [-0.39, 0.29) is 25.7 Å². The number of carbonyl (C=O) groups excluding carboxylic acids is 4. The van der Waals surface area contributed by atoms with Gasteiger partial charge >= 0.3 is 39.5 Å². The number of aliphatic hydroxyl groups is 1. The number of ether oxygens (including phenoxy) is 4. The predicted molar refractivity (Wildman–Crippen MR) is 400 cm³/mol. The largest absolute Gasteiger partial charge is 0.472 e. The summed E-state index contributed by atoms with van der Waals surface area (Å²) in [5.74, 6) is -2.18. The van der Waals surface area contributed by atoms with Crippen LogP contribution >= 0.6 is 15.6 Å². The van der Waals surface area contributed by atoms with Gasteiger partial charge in [-0.2, -0.15) is 0 Å². The standard InChI is InChI=1S/C79H144O17P2/c1-5-9-13-17-21-25-29-33-36-40-43-47-51-55-59-63-76(81)89-69-74(95-78(83)65-61-57-53-49-45-39-32-28-24-20-16-12-8-4)71-93-97(85,86)91-67-73(80)68-92-98(87,88)94-72-75(96-79(84)66-62-58-54-50-46-42-38-35-31-27-23-19-15-11-7-3)70-90-77(82)64-60-56-52-48-44-41-37-34-30-26-22-18-14-10-6-2/h22,26-28,31-34,36-37,73-75,80H,5-21,23-25,29-30,35,38-72H2,1-4H3,(H,85,86)(H,87,88). The van der Waals surface area contributed by atoms with Gasteiger partial charge < -0.3 is 33.8 Å². The molecule has 0 radical (unpaired) electrons. The van der Waals surface area contributed by atoms with Crippen molar-refractivity contribution < 1.29 is 80.2 Å². The van der Waals surface area contributed by atoms with Crippen LogP contribution in [0.1, 0.15) is 362 Å². The number of esters is 4. The zero-order chi connectivity index (χ0) is 71.8. The Balaban J connectivity index is 5.34. The van der Waals surface area contributed by atoms with Crippen molar-refractivity contribution in [3.63, 3.8) is 0 Å². The van der Waals surface area contributed by atoms with Crippen LogP contribution < -0.4 is 0 Å². The van der Waals surface area contributed by atoms with Crippen LogP contribution in [-0.4, -0.2) is 96.7 Å². The van der Waals surface area contributed by atoms with Crippen molar-refractivity contribution in [2.45, 2.75) is 380 Å². The quantitative estimate of drug-likeness (QED) is 0.0169. The minimum absolute atomic E-state index is 0.0870. The summed E-state index contributed by atoms with van der Waals surface area (Å²) in [4.78, 5) is 72.9. The van der Waals surface area contributed by atoms with Crippen LogP contribution in [0.5, 0.6) is 0 Å². The fourth-order valence-electron chi connectivity index (χ4n) is 10.8. The summed E-state index contributed by atoms with van der Waals surface area (Å²) in [6.07, 6.45) is 70.5. The molecule has 17 nitrogen and oxygen atoms in total. The normalized spacial score (nSPS) is 14.2. The average Bonchev–Trinajstić information content (AvgIpc) is 1.04. The number of allylic oxidation sites excluding steroid dienone is 10. The molecule has 0 aliphatic heterocycles. The van der Waals surface area contributed by atoms with Gasteiger partial charge in [-0.25, -0.2) is 9.13 Å². The summed E-state index contributed by atoms with van der Waals surface area (Å²) in [5.41, 5.74) is 0. The lowest BCUT2D eigenvalue weighted by atomic mass is 10.1. The number of rotatable bonds is 75. The van der Waals surface area contributed by atoms with Crippen molar-refractivity contribution >= 4 is 39.5 Å². The van der Waals surface area contributed by atoms with Crippen molar-refractivity contribution in [1.29, 1.82) is 0 Å².